The summed E-state index contributed by atoms with van der Waals surface area (Å²) in [4.78, 5) is 161. The van der Waals surface area contributed by atoms with Crippen molar-refractivity contribution in [1.82, 2.24) is 0 Å². The summed E-state index contributed by atoms with van der Waals surface area (Å²) in [5.74, 6) is -3.03. The van der Waals surface area contributed by atoms with Crippen molar-refractivity contribution in [3.05, 3.63) is 72.9 Å². The molecule has 16 saturated heterocycles. The molecule has 0 radical (unpaired) electrons. The van der Waals surface area contributed by atoms with Gasteiger partial charge in [-0.3, -0.25) is 33.6 Å². The molecule has 0 aromatic carbocycles. The zero-order chi connectivity index (χ0) is 81.4. The second kappa shape index (κ2) is 33.2. The van der Waals surface area contributed by atoms with Gasteiger partial charge in [-0.25, -0.2) is 33.6 Å². The molecule has 18 aliphatic rings. The predicted octanol–water partition coefficient (Wildman–Crippen LogP) is 4.47. The number of carbonyl (C=O) groups is 14. The van der Waals surface area contributed by atoms with Crippen LogP contribution in [0.25, 0.3) is 0 Å². The minimum atomic E-state index is -0.694. The number of fused-ring (bicyclic) bond motifs is 6. The van der Waals surface area contributed by atoms with E-state index in [1.165, 1.54) is 13.8 Å². The van der Waals surface area contributed by atoms with E-state index in [9.17, 15) is 67.1 Å². The molecule has 0 aromatic rings. The quantitative estimate of drug-likeness (QED) is 0.0773. The topological polar surface area (TPSA) is 405 Å². The first-order valence-electron chi connectivity index (χ1n) is 38.8. The van der Waals surface area contributed by atoms with E-state index in [1.54, 1.807) is 27.7 Å². The predicted molar refractivity (Wildman–Crippen MR) is 378 cm³/mol. The molecule has 18 fully saturated rings. The maximum absolute atomic E-state index is 11.8. The smallest absolute Gasteiger partial charge is 0.344 e. The average molecular weight is 1580 g/mol. The highest BCUT2D eigenvalue weighted by atomic mass is 16.7. The van der Waals surface area contributed by atoms with Gasteiger partial charge in [-0.15, -0.1) is 0 Å². The van der Waals surface area contributed by atoms with E-state index in [-0.39, 0.29) is 212 Å². The molecular formula is C81H98O32. The van der Waals surface area contributed by atoms with Gasteiger partial charge in [-0.1, -0.05) is 39.5 Å². The molecule has 614 valence electrons. The van der Waals surface area contributed by atoms with Crippen LogP contribution in [0.15, 0.2) is 72.9 Å². The third-order valence-corrected chi connectivity index (χ3v) is 24.8. The summed E-state index contributed by atoms with van der Waals surface area (Å²) in [5.41, 5.74) is 2.06. The van der Waals surface area contributed by atoms with Crippen molar-refractivity contribution in [2.45, 2.75) is 248 Å². The van der Waals surface area contributed by atoms with E-state index in [4.69, 9.17) is 85.3 Å². The van der Waals surface area contributed by atoms with Gasteiger partial charge in [0.1, 0.15) is 67.5 Å². The number of esters is 12. The minimum absolute atomic E-state index is 0.0145. The first kappa shape index (κ1) is 82.2. The number of carbonyl (C=O) groups excluding carboxylic acids is 14. The summed E-state index contributed by atoms with van der Waals surface area (Å²) in [6.07, 6.45) is 2.99. The van der Waals surface area contributed by atoms with Gasteiger partial charge in [-0.2, -0.15) is 0 Å². The van der Waals surface area contributed by atoms with Gasteiger partial charge in [0.2, 0.25) is 0 Å². The van der Waals surface area contributed by atoms with Gasteiger partial charge in [-0.05, 0) is 130 Å². The van der Waals surface area contributed by atoms with Crippen molar-refractivity contribution >= 4 is 83.2 Å². The fourth-order valence-electron chi connectivity index (χ4n) is 19.5. The van der Waals surface area contributed by atoms with Gasteiger partial charge < -0.3 is 85.3 Å². The average Bonchev–Trinajstić information content (AvgIpc) is 1.59. The molecule has 32 nitrogen and oxygen atoms in total. The molecule has 0 aromatic heterocycles. The standard InChI is InChI=1S/C15H20O4.C14H16O7.C14H18O4.C13H14O7.C13H16O5.C12H14O5/c1-7(2)15(17)18-8(3)4-9-10-5-12(16)11-6-13(9)19-14(10)11;1-6(2)13(16)18-4-3-9(15)20-11-8-5-7-10(19-8)12(11)21-14(7)17;1-7(2)14(16)17-4-3-8-9-5-11(15)10-6-12(8)18-13(9)10;1-5(2)12(15)17-4-8(14)19-10-7-3-6-9(18-7)11(10)20-13(6)16;1-5(2)12(14)16-6(3)9-8-4-7-10(17-8)11(9)18-13(7)15;1-5(2)11(13)15-4-7-8-3-6-9(16-8)10(7)17-12(6)14/h8-11,13-14H,1,4-6H2,2-3H3;7-8,10-12H,1,3-5H2,2H3;8-10,12-13H,1,3-6H2,2H3;6-7,9-11H,1,3-4H2,2H3;6-11H,1,4H2,2-3H3;6-10H,1,3-4H2,2H3. The molecule has 0 spiro atoms. The Hall–Kier alpha value is -8.82. The molecule has 2 aliphatic carbocycles. The first-order chi connectivity index (χ1) is 53.5. The fourth-order valence-corrected chi connectivity index (χ4v) is 19.5. The zero-order valence-electron chi connectivity index (χ0n) is 64.4. The fraction of sp³-hybridized carbons (Fsp3) is 0.679. The van der Waals surface area contributed by atoms with Crippen LogP contribution >= 0.6 is 0 Å². The summed E-state index contributed by atoms with van der Waals surface area (Å²) in [5, 5.41) is 0. The molecule has 2 saturated carbocycles. The van der Waals surface area contributed by atoms with Crippen LogP contribution in [0.2, 0.25) is 0 Å². The van der Waals surface area contributed by atoms with Crippen molar-refractivity contribution in [3.8, 4) is 0 Å². The van der Waals surface area contributed by atoms with Crippen LogP contribution in [0.3, 0.4) is 0 Å². The number of rotatable bonds is 23. The van der Waals surface area contributed by atoms with E-state index in [0.29, 0.717) is 103 Å². The second-order valence-electron chi connectivity index (χ2n) is 32.9. The highest BCUT2D eigenvalue weighted by Gasteiger charge is 2.69. The number of Topliss-reactive ketones (excluding diaryl/α,β-unsaturated/α-hetero) is 2. The van der Waals surface area contributed by atoms with Gasteiger partial charge in [0.05, 0.1) is 103 Å². The number of ether oxygens (including phenoxy) is 18. The van der Waals surface area contributed by atoms with Gasteiger partial charge in [0.15, 0.2) is 31.0 Å². The summed E-state index contributed by atoms with van der Waals surface area (Å²) in [6, 6.07) is 0. The lowest BCUT2D eigenvalue weighted by Gasteiger charge is -2.27. The van der Waals surface area contributed by atoms with Crippen LogP contribution in [0.5, 0.6) is 0 Å². The molecule has 32 heteroatoms. The SMILES string of the molecule is C=C(C)C(=O)OC(C)C1C2CC3C(=O)OC1C3O2.C=C(C)C(=O)OC(C)CC1C2CC3C(=O)CC1C3O2.C=C(C)C(=O)OCC(=O)OC1C2CC3C(=O)OC1C3O2.C=C(C)C(=O)OCC1C2CC3C(=O)OC1C3O2.C=C(C)C(=O)OCCC(=O)OC1C2CC3C(=O)OC1C3O2.C=C(C)C(=O)OCCC1C2CC3C(=O)CC1C3O2. The lowest BCUT2D eigenvalue weighted by molar-refractivity contribution is -0.167. The van der Waals surface area contributed by atoms with Crippen LogP contribution in [-0.2, 0) is 152 Å². The Bertz CT molecular complexity index is 3980. The zero-order valence-corrected chi connectivity index (χ0v) is 64.4. The first-order valence-corrected chi connectivity index (χ1v) is 38.8. The Kier molecular flexibility index (Phi) is 24.1. The maximum Gasteiger partial charge on any atom is 0.344 e. The van der Waals surface area contributed by atoms with Crippen LogP contribution in [0.4, 0.5) is 0 Å². The maximum atomic E-state index is 11.8. The lowest BCUT2D eigenvalue weighted by atomic mass is 9.77. The lowest BCUT2D eigenvalue weighted by Crippen LogP contribution is -2.40. The normalized spacial score (nSPS) is 39.2. The van der Waals surface area contributed by atoms with E-state index < -0.39 is 66.8 Å². The molecule has 0 amide bonds. The Morgan fingerprint density at radius 1 is 0.381 bits per heavy atom. The van der Waals surface area contributed by atoms with E-state index in [2.05, 4.69) is 39.5 Å². The minimum Gasteiger partial charge on any atom is -0.462 e. The largest absolute Gasteiger partial charge is 0.462 e. The molecule has 32 unspecified atom stereocenters. The second-order valence-corrected chi connectivity index (χ2v) is 32.9. The third-order valence-electron chi connectivity index (χ3n) is 24.8. The van der Waals surface area contributed by atoms with E-state index in [0.717, 1.165) is 25.7 Å². The van der Waals surface area contributed by atoms with Crippen LogP contribution < -0.4 is 0 Å². The van der Waals surface area contributed by atoms with E-state index >= 15 is 0 Å². The molecule has 0 N–H and O–H groups in total. The summed E-state index contributed by atoms with van der Waals surface area (Å²) >= 11 is 0. The molecule has 16 heterocycles. The van der Waals surface area contributed by atoms with Crippen molar-refractivity contribution in [1.29, 1.82) is 0 Å². The van der Waals surface area contributed by atoms with Crippen LogP contribution in [-0.4, -0.2) is 232 Å². The molecule has 16 aliphatic heterocycles. The van der Waals surface area contributed by atoms with Crippen LogP contribution in [0, 0.1) is 71.0 Å². The van der Waals surface area contributed by atoms with Crippen molar-refractivity contribution < 1.29 is 152 Å². The highest BCUT2D eigenvalue weighted by Crippen LogP contribution is 2.58. The Balaban J connectivity index is 0.000000119. The van der Waals surface area contributed by atoms with Crippen molar-refractivity contribution in [2.24, 2.45) is 71.0 Å². The molecular weight excluding hydrogens is 1480 g/mol. The van der Waals surface area contributed by atoms with Gasteiger partial charge in [0, 0.05) is 58.1 Å². The number of hydrogen-bond donors (Lipinski definition) is 0. The number of ketones is 2. The van der Waals surface area contributed by atoms with Crippen LogP contribution in [0.1, 0.15) is 126 Å². The summed E-state index contributed by atoms with van der Waals surface area (Å²) < 4.78 is 96.3. The summed E-state index contributed by atoms with van der Waals surface area (Å²) in [6.45, 7) is 34.3. The van der Waals surface area contributed by atoms with Gasteiger partial charge in [0.25, 0.3) is 0 Å². The molecule has 18 rings (SSSR count). The van der Waals surface area contributed by atoms with E-state index in [1.807, 2.05) is 13.8 Å². The number of hydrogen-bond acceptors (Lipinski definition) is 32. The monoisotopic (exact) mass is 1580 g/mol. The molecule has 12 bridgehead atoms. The Labute approximate surface area is 651 Å². The molecule has 113 heavy (non-hydrogen) atoms. The molecule has 32 atom stereocenters. The summed E-state index contributed by atoms with van der Waals surface area (Å²) in [7, 11) is 0. The highest BCUT2D eigenvalue weighted by molar-refractivity contribution is 5.91. The Morgan fingerprint density at radius 3 is 1.27 bits per heavy atom. The van der Waals surface area contributed by atoms with Crippen molar-refractivity contribution in [2.75, 3.05) is 26.4 Å². The van der Waals surface area contributed by atoms with Gasteiger partial charge >= 0.3 is 71.6 Å². The third kappa shape index (κ3) is 16.5. The van der Waals surface area contributed by atoms with Crippen molar-refractivity contribution in [3.63, 3.8) is 0 Å². The Morgan fingerprint density at radius 2 is 0.752 bits per heavy atom.